The first-order valence-corrected chi connectivity index (χ1v) is 8.05. The van der Waals surface area contributed by atoms with Gasteiger partial charge in [0, 0.05) is 19.3 Å². The molecule has 0 aliphatic carbocycles. The fourth-order valence-corrected chi connectivity index (χ4v) is 4.58. The number of pyridine rings is 1. The van der Waals surface area contributed by atoms with Gasteiger partial charge in [-0.3, -0.25) is 20.9 Å². The first-order chi connectivity index (χ1) is 10.0. The van der Waals surface area contributed by atoms with Crippen molar-refractivity contribution in [2.75, 3.05) is 33.2 Å². The van der Waals surface area contributed by atoms with E-state index in [0.717, 1.165) is 24.7 Å². The molecule has 6 heteroatoms. The summed E-state index contributed by atoms with van der Waals surface area (Å²) < 4.78 is 0. The smallest absolute Gasteiger partial charge is 0.168 e. The van der Waals surface area contributed by atoms with Gasteiger partial charge < -0.3 is 4.90 Å². The second-order valence-electron chi connectivity index (χ2n) is 6.69. The maximum Gasteiger partial charge on any atom is 0.168 e. The lowest BCUT2D eigenvalue weighted by Gasteiger charge is -2.55. The summed E-state index contributed by atoms with van der Waals surface area (Å²) in [4.78, 5) is 9.34. The molecular formula is C15H22ClN5. The van der Waals surface area contributed by atoms with Gasteiger partial charge in [0.25, 0.3) is 0 Å². The number of likely N-dealkylation sites (N-methyl/N-ethyl adjacent to an activating group) is 1. The van der Waals surface area contributed by atoms with E-state index in [9.17, 15) is 0 Å². The van der Waals surface area contributed by atoms with Gasteiger partial charge >= 0.3 is 0 Å². The van der Waals surface area contributed by atoms with E-state index in [1.807, 2.05) is 12.1 Å². The highest BCUT2D eigenvalue weighted by Crippen LogP contribution is 2.45. The van der Waals surface area contributed by atoms with Crippen LogP contribution in [0, 0.1) is 5.92 Å². The third kappa shape index (κ3) is 1.88. The molecule has 1 aromatic rings. The van der Waals surface area contributed by atoms with Gasteiger partial charge in [-0.2, -0.15) is 0 Å². The third-order valence-electron chi connectivity index (χ3n) is 5.82. The van der Waals surface area contributed by atoms with Crippen molar-refractivity contribution in [3.05, 3.63) is 29.0 Å². The van der Waals surface area contributed by atoms with Gasteiger partial charge in [-0.1, -0.05) is 11.6 Å². The number of nitrogens with zero attached hydrogens (tertiary/aromatic N) is 3. The van der Waals surface area contributed by atoms with Crippen LogP contribution in [0.4, 0.5) is 0 Å². The topological polar surface area (TPSA) is 57.4 Å². The first-order valence-electron chi connectivity index (χ1n) is 7.67. The van der Waals surface area contributed by atoms with Crippen LogP contribution in [0.15, 0.2) is 18.3 Å². The SMILES string of the molecule is CN1C(N)(c2ccc(Cl)cn2)NCC12CN1CCC2CC1. The molecule has 2 bridgehead atoms. The molecule has 1 spiro atoms. The van der Waals surface area contributed by atoms with Gasteiger partial charge in [-0.15, -0.1) is 0 Å². The van der Waals surface area contributed by atoms with Crippen molar-refractivity contribution in [1.82, 2.24) is 20.1 Å². The lowest BCUT2D eigenvalue weighted by atomic mass is 9.72. The van der Waals surface area contributed by atoms with Crippen LogP contribution in [0.3, 0.4) is 0 Å². The summed E-state index contributed by atoms with van der Waals surface area (Å²) >= 11 is 5.95. The average Bonchev–Trinajstić information content (AvgIpc) is 2.76. The largest absolute Gasteiger partial charge is 0.301 e. The fourth-order valence-electron chi connectivity index (χ4n) is 4.46. The van der Waals surface area contributed by atoms with Gasteiger partial charge in [0.1, 0.15) is 0 Å². The summed E-state index contributed by atoms with van der Waals surface area (Å²) in [6, 6.07) is 3.78. The van der Waals surface area contributed by atoms with Crippen molar-refractivity contribution in [1.29, 1.82) is 0 Å². The van der Waals surface area contributed by atoms with Crippen LogP contribution < -0.4 is 11.1 Å². The number of nitrogens with one attached hydrogen (secondary N) is 1. The molecule has 2 unspecified atom stereocenters. The summed E-state index contributed by atoms with van der Waals surface area (Å²) in [5.41, 5.74) is 7.67. The number of piperidine rings is 3. The van der Waals surface area contributed by atoms with Crippen molar-refractivity contribution in [2.24, 2.45) is 11.7 Å². The number of nitrogens with two attached hydrogens (primary N) is 1. The van der Waals surface area contributed by atoms with Crippen molar-refractivity contribution < 1.29 is 0 Å². The molecule has 3 N–H and O–H groups in total. The third-order valence-corrected chi connectivity index (χ3v) is 6.05. The second-order valence-corrected chi connectivity index (χ2v) is 7.13. The number of aromatic nitrogens is 1. The predicted octanol–water partition coefficient (Wildman–Crippen LogP) is 0.803. The molecule has 21 heavy (non-hydrogen) atoms. The predicted molar refractivity (Wildman–Crippen MR) is 82.8 cm³/mol. The van der Waals surface area contributed by atoms with Crippen molar-refractivity contribution in [3.63, 3.8) is 0 Å². The highest BCUT2D eigenvalue weighted by atomic mass is 35.5. The molecule has 114 valence electrons. The molecule has 5 heterocycles. The molecule has 0 aromatic carbocycles. The molecule has 5 nitrogen and oxygen atoms in total. The molecule has 0 saturated carbocycles. The summed E-state index contributed by atoms with van der Waals surface area (Å²) in [5.74, 6) is 0.0149. The van der Waals surface area contributed by atoms with E-state index in [1.165, 1.54) is 25.9 Å². The Morgan fingerprint density at radius 2 is 2.14 bits per heavy atom. The lowest BCUT2D eigenvalue weighted by molar-refractivity contribution is -0.0665. The zero-order valence-corrected chi connectivity index (χ0v) is 13.1. The van der Waals surface area contributed by atoms with E-state index in [-0.39, 0.29) is 5.54 Å². The summed E-state index contributed by atoms with van der Waals surface area (Å²) in [5, 5.41) is 4.17. The molecule has 0 radical (unpaired) electrons. The van der Waals surface area contributed by atoms with Gasteiger partial charge in [-0.25, -0.2) is 0 Å². The van der Waals surface area contributed by atoms with Gasteiger partial charge in [0.15, 0.2) is 5.79 Å². The van der Waals surface area contributed by atoms with Crippen molar-refractivity contribution in [2.45, 2.75) is 24.2 Å². The molecule has 1 aromatic heterocycles. The summed E-state index contributed by atoms with van der Waals surface area (Å²) in [7, 11) is 2.14. The minimum absolute atomic E-state index is 0.132. The Kier molecular flexibility index (Phi) is 3.07. The van der Waals surface area contributed by atoms with E-state index < -0.39 is 5.79 Å². The normalized spacial score (nSPS) is 42.8. The lowest BCUT2D eigenvalue weighted by Crippen LogP contribution is -2.68. The minimum atomic E-state index is -0.705. The van der Waals surface area contributed by atoms with Crippen LogP contribution in [0.2, 0.25) is 5.02 Å². The van der Waals surface area contributed by atoms with E-state index in [0.29, 0.717) is 5.02 Å². The zero-order valence-electron chi connectivity index (χ0n) is 12.3. The molecule has 4 fully saturated rings. The quantitative estimate of drug-likeness (QED) is 0.804. The van der Waals surface area contributed by atoms with Gasteiger partial charge in [0.05, 0.1) is 16.3 Å². The van der Waals surface area contributed by atoms with Gasteiger partial charge in [-0.05, 0) is 51.0 Å². The molecule has 5 rings (SSSR count). The van der Waals surface area contributed by atoms with Crippen LogP contribution in [0.5, 0.6) is 0 Å². The highest BCUT2D eigenvalue weighted by molar-refractivity contribution is 6.30. The maximum absolute atomic E-state index is 6.70. The fraction of sp³-hybridized carbons (Fsp3) is 0.667. The molecule has 4 aliphatic heterocycles. The minimum Gasteiger partial charge on any atom is -0.301 e. The molecular weight excluding hydrogens is 286 g/mol. The number of hydrogen-bond donors (Lipinski definition) is 2. The van der Waals surface area contributed by atoms with Crippen LogP contribution in [-0.2, 0) is 5.79 Å². The Morgan fingerprint density at radius 3 is 2.71 bits per heavy atom. The average molecular weight is 308 g/mol. The number of hydrogen-bond acceptors (Lipinski definition) is 5. The highest BCUT2D eigenvalue weighted by Gasteiger charge is 2.59. The Hall–Kier alpha value is -0.720. The van der Waals surface area contributed by atoms with E-state index in [1.54, 1.807) is 6.20 Å². The van der Waals surface area contributed by atoms with E-state index in [2.05, 4.69) is 27.1 Å². The van der Waals surface area contributed by atoms with Crippen molar-refractivity contribution in [3.8, 4) is 0 Å². The molecule has 2 atom stereocenters. The Morgan fingerprint density at radius 1 is 1.38 bits per heavy atom. The van der Waals surface area contributed by atoms with E-state index in [4.69, 9.17) is 17.3 Å². The zero-order chi connectivity index (χ0) is 14.7. The Bertz CT molecular complexity index is 541. The second kappa shape index (κ2) is 4.64. The first kappa shape index (κ1) is 13.9. The number of rotatable bonds is 1. The molecule has 0 amide bonds. The Labute approximate surface area is 130 Å². The summed E-state index contributed by atoms with van der Waals surface area (Å²) in [6.45, 7) is 4.49. The summed E-state index contributed by atoms with van der Waals surface area (Å²) in [6.07, 6.45) is 4.22. The standard InChI is InChI=1S/C15H22ClN5/c1-20-14(10-21-6-4-11(14)5-7-21)9-19-15(20,17)13-3-2-12(16)8-18-13/h2-3,8,11,19H,4-7,9-10,17H2,1H3. The van der Waals surface area contributed by atoms with Crippen molar-refractivity contribution >= 4 is 11.6 Å². The molecule has 4 saturated heterocycles. The van der Waals surface area contributed by atoms with Crippen LogP contribution >= 0.6 is 11.6 Å². The monoisotopic (exact) mass is 307 g/mol. The number of fused-ring (bicyclic) bond motifs is 2. The van der Waals surface area contributed by atoms with Crippen LogP contribution in [0.1, 0.15) is 18.5 Å². The van der Waals surface area contributed by atoms with E-state index >= 15 is 0 Å². The van der Waals surface area contributed by atoms with Crippen LogP contribution in [0.25, 0.3) is 0 Å². The van der Waals surface area contributed by atoms with Crippen LogP contribution in [-0.4, -0.2) is 53.5 Å². The van der Waals surface area contributed by atoms with Gasteiger partial charge in [0.2, 0.25) is 0 Å². The Balaban J connectivity index is 1.69. The number of halogens is 1. The maximum atomic E-state index is 6.70. The molecule has 4 aliphatic rings.